The van der Waals surface area contributed by atoms with Crippen molar-refractivity contribution in [2.24, 2.45) is 0 Å². The van der Waals surface area contributed by atoms with Gasteiger partial charge in [-0.2, -0.15) is 0 Å². The third kappa shape index (κ3) is 6.71. The van der Waals surface area contributed by atoms with Crippen LogP contribution in [0.1, 0.15) is 37.5 Å². The number of aliphatic hydroxyl groups excluding tert-OH is 1. The fourth-order valence-corrected chi connectivity index (χ4v) is 7.35. The number of ether oxygens (including phenoxy) is 2. The van der Waals surface area contributed by atoms with Gasteiger partial charge >= 0.3 is 11.9 Å². The lowest BCUT2D eigenvalue weighted by atomic mass is 9.87. The molecule has 4 aromatic carbocycles. The van der Waals surface area contributed by atoms with Gasteiger partial charge in [-0.15, -0.1) is 0 Å². The van der Waals surface area contributed by atoms with E-state index in [0.717, 1.165) is 10.8 Å². The fourth-order valence-electron chi connectivity index (χ4n) is 7.12. The van der Waals surface area contributed by atoms with Gasteiger partial charge in [-0.25, -0.2) is 19.6 Å². The SMILES string of the molecule is COC(=O)c1ccc(C(=O)O)c(-c2c3cc(Cl)c(=O)c(CNc4cccc5ccc(CO)nc45)c-3oc3c(CNc4cccc5ccc(OC)nc45)c(O)ccc23)c1. The molecule has 8 rings (SSSR count). The topological polar surface area (TPSA) is 193 Å². The molecular formula is C44H33ClN4O9. The normalized spacial score (nSPS) is 11.3. The second-order valence-corrected chi connectivity index (χ2v) is 13.7. The number of hydrogen-bond donors (Lipinski definition) is 5. The molecule has 0 amide bonds. The Morgan fingerprint density at radius 3 is 2.17 bits per heavy atom. The Balaban J connectivity index is 1.37. The van der Waals surface area contributed by atoms with Gasteiger partial charge in [0.25, 0.3) is 0 Å². The Morgan fingerprint density at radius 2 is 1.50 bits per heavy atom. The zero-order chi connectivity index (χ0) is 40.7. The van der Waals surface area contributed by atoms with E-state index >= 15 is 0 Å². The maximum atomic E-state index is 14.0. The number of halogens is 1. The van der Waals surface area contributed by atoms with Gasteiger partial charge < -0.3 is 39.8 Å². The van der Waals surface area contributed by atoms with Crippen LogP contribution in [-0.2, 0) is 24.4 Å². The predicted octanol–water partition coefficient (Wildman–Crippen LogP) is 8.23. The third-order valence-corrected chi connectivity index (χ3v) is 10.2. The summed E-state index contributed by atoms with van der Waals surface area (Å²) in [5, 5.41) is 40.1. The van der Waals surface area contributed by atoms with Crippen molar-refractivity contribution in [2.75, 3.05) is 24.9 Å². The van der Waals surface area contributed by atoms with Crippen LogP contribution in [0.3, 0.4) is 0 Å². The zero-order valence-electron chi connectivity index (χ0n) is 30.9. The molecule has 0 unspecified atom stereocenters. The molecule has 2 aliphatic rings. The molecule has 2 aromatic heterocycles. The number of nitrogens with one attached hydrogen (secondary N) is 2. The molecule has 0 saturated heterocycles. The zero-order valence-corrected chi connectivity index (χ0v) is 31.7. The van der Waals surface area contributed by atoms with Gasteiger partial charge in [0, 0.05) is 46.4 Å². The smallest absolute Gasteiger partial charge is 0.337 e. The minimum absolute atomic E-state index is 0.0100. The van der Waals surface area contributed by atoms with Crippen molar-refractivity contribution < 1.29 is 38.8 Å². The summed E-state index contributed by atoms with van der Waals surface area (Å²) in [5.41, 5.74) is 3.32. The van der Waals surface area contributed by atoms with Crippen LogP contribution < -0.4 is 20.8 Å². The van der Waals surface area contributed by atoms with Crippen LogP contribution in [0.2, 0.25) is 5.02 Å². The van der Waals surface area contributed by atoms with E-state index in [0.29, 0.717) is 39.4 Å². The highest BCUT2D eigenvalue weighted by molar-refractivity contribution is 6.31. The monoisotopic (exact) mass is 796 g/mol. The summed E-state index contributed by atoms with van der Waals surface area (Å²) < 4.78 is 17.0. The molecule has 6 aromatic rings. The maximum Gasteiger partial charge on any atom is 0.337 e. The maximum absolute atomic E-state index is 14.0. The number of anilines is 2. The number of carboxylic acids is 1. The fraction of sp³-hybridized carbons (Fsp3) is 0.114. The molecule has 1 aliphatic heterocycles. The average Bonchev–Trinajstić information content (AvgIpc) is 3.24. The van der Waals surface area contributed by atoms with Crippen molar-refractivity contribution in [1.29, 1.82) is 0 Å². The quantitative estimate of drug-likeness (QED) is 0.0621. The number of aromatic carboxylic acids is 1. The number of nitrogens with zero attached hydrogens (tertiary/aromatic N) is 2. The van der Waals surface area contributed by atoms with E-state index in [-0.39, 0.29) is 80.8 Å². The minimum Gasteiger partial charge on any atom is -0.507 e. The van der Waals surface area contributed by atoms with Gasteiger partial charge in [-0.1, -0.05) is 41.9 Å². The first-order valence-corrected chi connectivity index (χ1v) is 18.3. The number of pyridine rings is 2. The molecular weight excluding hydrogens is 764 g/mol. The van der Waals surface area contributed by atoms with E-state index in [1.165, 1.54) is 44.6 Å². The number of esters is 1. The average molecular weight is 797 g/mol. The number of benzene rings is 5. The molecule has 0 radical (unpaired) electrons. The van der Waals surface area contributed by atoms with Crippen LogP contribution in [0.4, 0.5) is 11.4 Å². The highest BCUT2D eigenvalue weighted by Crippen LogP contribution is 2.46. The highest BCUT2D eigenvalue weighted by atomic mass is 35.5. The number of carboxylic acid groups (broad SMARTS) is 1. The van der Waals surface area contributed by atoms with E-state index in [9.17, 15) is 29.7 Å². The number of fused-ring (bicyclic) bond motifs is 4. The lowest BCUT2D eigenvalue weighted by Crippen LogP contribution is -2.17. The summed E-state index contributed by atoms with van der Waals surface area (Å²) in [6.07, 6.45) is 0. The molecule has 0 bridgehead atoms. The lowest BCUT2D eigenvalue weighted by molar-refractivity contribution is 0.0598. The van der Waals surface area contributed by atoms with Gasteiger partial charge in [0.15, 0.2) is 0 Å². The molecule has 0 spiro atoms. The lowest BCUT2D eigenvalue weighted by Gasteiger charge is -2.22. The van der Waals surface area contributed by atoms with E-state index in [1.807, 2.05) is 42.5 Å². The Bertz CT molecular complexity index is 2980. The summed E-state index contributed by atoms with van der Waals surface area (Å²) in [4.78, 5) is 48.9. The van der Waals surface area contributed by atoms with Gasteiger partial charge in [-0.05, 0) is 66.2 Å². The number of aromatic hydroxyl groups is 1. The second-order valence-electron chi connectivity index (χ2n) is 13.3. The Hall–Kier alpha value is -7.22. The number of aromatic nitrogens is 2. The first-order valence-electron chi connectivity index (χ1n) is 17.9. The number of carbonyl (C=O) groups is 2. The molecule has 5 N–H and O–H groups in total. The van der Waals surface area contributed by atoms with Gasteiger partial charge in [0.05, 0.1) is 76.2 Å². The van der Waals surface area contributed by atoms with E-state index in [2.05, 4.69) is 20.6 Å². The van der Waals surface area contributed by atoms with Crippen molar-refractivity contribution >= 4 is 67.7 Å². The second kappa shape index (κ2) is 15.4. The van der Waals surface area contributed by atoms with Crippen LogP contribution in [-0.4, -0.2) is 51.4 Å². The van der Waals surface area contributed by atoms with Gasteiger partial charge in [0.1, 0.15) is 17.1 Å². The Kier molecular flexibility index (Phi) is 9.99. The number of rotatable bonds is 11. The molecule has 0 fully saturated rings. The van der Waals surface area contributed by atoms with Crippen LogP contribution in [0, 0.1) is 0 Å². The van der Waals surface area contributed by atoms with E-state index < -0.39 is 17.4 Å². The van der Waals surface area contributed by atoms with Crippen LogP contribution in [0.25, 0.3) is 55.2 Å². The number of methoxy groups -OCH3 is 2. The van der Waals surface area contributed by atoms with Gasteiger partial charge in [-0.3, -0.25) is 4.79 Å². The minimum atomic E-state index is -1.29. The summed E-state index contributed by atoms with van der Waals surface area (Å²) in [6.45, 7) is -0.407. The summed E-state index contributed by atoms with van der Waals surface area (Å²) in [7, 11) is 2.74. The number of para-hydroxylation sites is 2. The number of phenolic OH excluding ortho intramolecular Hbond substituents is 1. The number of aliphatic hydroxyl groups is 1. The molecule has 58 heavy (non-hydrogen) atoms. The van der Waals surface area contributed by atoms with Crippen LogP contribution in [0.5, 0.6) is 11.6 Å². The molecule has 0 saturated carbocycles. The van der Waals surface area contributed by atoms with E-state index in [4.69, 9.17) is 25.5 Å². The molecule has 14 heteroatoms. The highest BCUT2D eigenvalue weighted by Gasteiger charge is 2.29. The summed E-state index contributed by atoms with van der Waals surface area (Å²) in [5.74, 6) is -1.68. The van der Waals surface area contributed by atoms with Gasteiger partial charge in [0.2, 0.25) is 11.3 Å². The molecule has 1 aliphatic carbocycles. The largest absolute Gasteiger partial charge is 0.507 e. The van der Waals surface area contributed by atoms with Crippen LogP contribution >= 0.6 is 11.6 Å². The summed E-state index contributed by atoms with van der Waals surface area (Å²) >= 11 is 6.69. The first-order chi connectivity index (χ1) is 28.1. The Labute approximate surface area is 334 Å². The standard InChI is InChI=1S/C44H33ClN4O9/c1-56-36-16-11-23-6-4-8-34(39(23)49-36)46-19-30-35(51)15-14-27-37(28-17-24(44(55)57-2)10-13-26(28)43(53)54)29-18-32(45)40(52)31(42(29)58-41(27)30)20-47-33-7-3-5-22-9-12-25(21-50)48-38(22)33/h3-18,46-47,50-51H,19-21H2,1-2H3,(H,53,54). The third-order valence-electron chi connectivity index (χ3n) is 9.95. The number of phenols is 1. The van der Waals surface area contributed by atoms with E-state index in [1.54, 1.807) is 24.3 Å². The number of hydrogen-bond acceptors (Lipinski definition) is 12. The summed E-state index contributed by atoms with van der Waals surface area (Å²) in [6, 6.07) is 26.7. The first kappa shape index (κ1) is 37.7. The van der Waals surface area contributed by atoms with Crippen molar-refractivity contribution in [3.63, 3.8) is 0 Å². The predicted molar refractivity (Wildman–Crippen MR) is 220 cm³/mol. The molecule has 290 valence electrons. The Morgan fingerprint density at radius 1 is 0.810 bits per heavy atom. The molecule has 0 atom stereocenters. The molecule has 3 heterocycles. The van der Waals surface area contributed by atoms with Crippen molar-refractivity contribution in [1.82, 2.24) is 9.97 Å². The number of carbonyl (C=O) groups excluding carboxylic acids is 1. The molecule has 13 nitrogen and oxygen atoms in total. The van der Waals surface area contributed by atoms with Crippen LogP contribution in [0.15, 0.2) is 106 Å². The van der Waals surface area contributed by atoms with Crippen molar-refractivity contribution in [3.05, 3.63) is 140 Å². The van der Waals surface area contributed by atoms with Crippen molar-refractivity contribution in [2.45, 2.75) is 19.7 Å². The van der Waals surface area contributed by atoms with Crippen molar-refractivity contribution in [3.8, 4) is 34.1 Å².